The van der Waals surface area contributed by atoms with Gasteiger partial charge in [-0.1, -0.05) is 33.8 Å². The van der Waals surface area contributed by atoms with Gasteiger partial charge in [0, 0.05) is 10.0 Å². The molecule has 0 heterocycles. The van der Waals surface area contributed by atoms with Crippen molar-refractivity contribution in [2.45, 2.75) is 13.3 Å². The molecule has 1 rings (SSSR count). The molecule has 0 aromatic heterocycles. The van der Waals surface area contributed by atoms with E-state index < -0.39 is 0 Å². The summed E-state index contributed by atoms with van der Waals surface area (Å²) >= 11 is 3.35. The smallest absolute Gasteiger partial charge is 0.317 e. The summed E-state index contributed by atoms with van der Waals surface area (Å²) in [6, 6.07) is 7.62. The van der Waals surface area contributed by atoms with Crippen LogP contribution < -0.4 is 0 Å². The second kappa shape index (κ2) is 6.26. The Balaban J connectivity index is 2.55. The summed E-state index contributed by atoms with van der Waals surface area (Å²) in [5.41, 5.74) is 0.883. The maximum Gasteiger partial charge on any atom is 0.317 e. The van der Waals surface area contributed by atoms with Gasteiger partial charge in [0.05, 0.1) is 6.61 Å². The first-order chi connectivity index (χ1) is 7.22. The Bertz CT molecular complexity index is 402. The number of carbonyl (C=O) groups is 1. The van der Waals surface area contributed by atoms with Crippen LogP contribution in [0.4, 0.5) is 0 Å². The van der Waals surface area contributed by atoms with Crippen molar-refractivity contribution >= 4 is 21.9 Å². The van der Waals surface area contributed by atoms with Gasteiger partial charge in [-0.3, -0.25) is 4.79 Å². The van der Waals surface area contributed by atoms with E-state index in [1.807, 2.05) is 24.3 Å². The maximum atomic E-state index is 11.0. The molecule has 0 unspecified atom stereocenters. The van der Waals surface area contributed by atoms with Crippen LogP contribution in [-0.4, -0.2) is 12.6 Å². The highest BCUT2D eigenvalue weighted by Crippen LogP contribution is 2.10. The molecule has 0 saturated heterocycles. The van der Waals surface area contributed by atoms with Crippen LogP contribution in [0.2, 0.25) is 0 Å². The van der Waals surface area contributed by atoms with Crippen molar-refractivity contribution in [1.82, 2.24) is 0 Å². The van der Waals surface area contributed by atoms with E-state index >= 15 is 0 Å². The SMILES string of the molecule is CCOC(=O)CC#Cc1cccc(Br)c1. The fourth-order valence-corrected chi connectivity index (χ4v) is 1.40. The van der Waals surface area contributed by atoms with Gasteiger partial charge >= 0.3 is 5.97 Å². The molecular weight excluding hydrogens is 256 g/mol. The number of rotatable bonds is 2. The number of hydrogen-bond donors (Lipinski definition) is 0. The van der Waals surface area contributed by atoms with Gasteiger partial charge in [-0.25, -0.2) is 0 Å². The van der Waals surface area contributed by atoms with Gasteiger partial charge in [0.1, 0.15) is 6.42 Å². The van der Waals surface area contributed by atoms with E-state index in [1.165, 1.54) is 0 Å². The minimum Gasteiger partial charge on any atom is -0.465 e. The van der Waals surface area contributed by atoms with E-state index in [1.54, 1.807) is 6.92 Å². The van der Waals surface area contributed by atoms with E-state index in [4.69, 9.17) is 4.74 Å². The monoisotopic (exact) mass is 266 g/mol. The summed E-state index contributed by atoms with van der Waals surface area (Å²) in [7, 11) is 0. The molecule has 3 heteroatoms. The lowest BCUT2D eigenvalue weighted by Gasteiger charge is -1.95. The van der Waals surface area contributed by atoms with E-state index in [2.05, 4.69) is 27.8 Å². The van der Waals surface area contributed by atoms with Crippen LogP contribution in [0.3, 0.4) is 0 Å². The predicted octanol–water partition coefficient (Wildman–Crippen LogP) is 2.75. The molecule has 0 amide bonds. The van der Waals surface area contributed by atoms with Crippen LogP contribution in [0.1, 0.15) is 18.9 Å². The lowest BCUT2D eigenvalue weighted by molar-refractivity contribution is -0.141. The molecule has 1 aromatic rings. The van der Waals surface area contributed by atoms with Crippen LogP contribution in [0.15, 0.2) is 28.7 Å². The molecule has 0 spiro atoms. The number of ether oxygens (including phenoxy) is 1. The average Bonchev–Trinajstić information content (AvgIpc) is 2.18. The average molecular weight is 267 g/mol. The van der Waals surface area contributed by atoms with Gasteiger partial charge in [-0.15, -0.1) is 0 Å². The normalized spacial score (nSPS) is 8.93. The first-order valence-electron chi connectivity index (χ1n) is 4.62. The van der Waals surface area contributed by atoms with Crippen LogP contribution >= 0.6 is 15.9 Å². The predicted molar refractivity (Wildman–Crippen MR) is 62.3 cm³/mol. The fraction of sp³-hybridized carbons (Fsp3) is 0.250. The van der Waals surface area contributed by atoms with Crippen LogP contribution in [0.25, 0.3) is 0 Å². The van der Waals surface area contributed by atoms with E-state index in [0.717, 1.165) is 10.0 Å². The lowest BCUT2D eigenvalue weighted by Crippen LogP contribution is -2.01. The first kappa shape index (κ1) is 11.8. The maximum absolute atomic E-state index is 11.0. The van der Waals surface area contributed by atoms with Gasteiger partial charge in [0.25, 0.3) is 0 Å². The summed E-state index contributed by atoms with van der Waals surface area (Å²) in [5.74, 6) is 5.38. The Morgan fingerprint density at radius 1 is 1.53 bits per heavy atom. The molecule has 15 heavy (non-hydrogen) atoms. The molecular formula is C12H11BrO2. The summed E-state index contributed by atoms with van der Waals surface area (Å²) in [4.78, 5) is 11.0. The largest absolute Gasteiger partial charge is 0.465 e. The Labute approximate surface area is 97.8 Å². The number of carbonyl (C=O) groups excluding carboxylic acids is 1. The van der Waals surface area contributed by atoms with Crippen LogP contribution in [0, 0.1) is 11.8 Å². The zero-order valence-corrected chi connectivity index (χ0v) is 10.0. The molecule has 2 nitrogen and oxygen atoms in total. The van der Waals surface area contributed by atoms with Crippen molar-refractivity contribution in [2.75, 3.05) is 6.61 Å². The molecule has 0 atom stereocenters. The number of hydrogen-bond acceptors (Lipinski definition) is 2. The Kier molecular flexibility index (Phi) is 4.92. The number of esters is 1. The Morgan fingerprint density at radius 2 is 2.33 bits per heavy atom. The minimum atomic E-state index is -0.278. The van der Waals surface area contributed by atoms with Gasteiger partial charge in [0.15, 0.2) is 0 Å². The molecule has 0 radical (unpaired) electrons. The molecule has 78 valence electrons. The van der Waals surface area contributed by atoms with E-state index in [9.17, 15) is 4.79 Å². The van der Waals surface area contributed by atoms with Crippen molar-refractivity contribution in [1.29, 1.82) is 0 Å². The first-order valence-corrected chi connectivity index (χ1v) is 5.41. The van der Waals surface area contributed by atoms with Gasteiger partial charge in [-0.2, -0.15) is 0 Å². The molecule has 0 aliphatic carbocycles. The number of halogens is 1. The molecule has 0 saturated carbocycles. The zero-order valence-electron chi connectivity index (χ0n) is 8.42. The molecule has 0 aliphatic heterocycles. The van der Waals surface area contributed by atoms with Crippen molar-refractivity contribution in [3.8, 4) is 11.8 Å². The third kappa shape index (κ3) is 4.66. The van der Waals surface area contributed by atoms with Crippen LogP contribution in [-0.2, 0) is 9.53 Å². The standard InChI is InChI=1S/C12H11BrO2/c1-2-15-12(14)8-4-6-10-5-3-7-11(13)9-10/h3,5,7,9H,2,8H2,1H3. The molecule has 0 fully saturated rings. The molecule has 1 aromatic carbocycles. The highest BCUT2D eigenvalue weighted by atomic mass is 79.9. The summed E-state index contributed by atoms with van der Waals surface area (Å²) in [6.07, 6.45) is 0.139. The van der Waals surface area contributed by atoms with E-state index in [0.29, 0.717) is 6.61 Å². The zero-order chi connectivity index (χ0) is 11.1. The van der Waals surface area contributed by atoms with Crippen molar-refractivity contribution in [2.24, 2.45) is 0 Å². The molecule has 0 N–H and O–H groups in total. The highest BCUT2D eigenvalue weighted by Gasteiger charge is 1.96. The summed E-state index contributed by atoms with van der Waals surface area (Å²) < 4.78 is 5.73. The van der Waals surface area contributed by atoms with Crippen molar-refractivity contribution in [3.05, 3.63) is 34.3 Å². The second-order valence-electron chi connectivity index (χ2n) is 2.79. The highest BCUT2D eigenvalue weighted by molar-refractivity contribution is 9.10. The summed E-state index contributed by atoms with van der Waals surface area (Å²) in [5, 5.41) is 0. The molecule has 0 aliphatic rings. The summed E-state index contributed by atoms with van der Waals surface area (Å²) in [6.45, 7) is 2.18. The van der Waals surface area contributed by atoms with Crippen molar-refractivity contribution < 1.29 is 9.53 Å². The quantitative estimate of drug-likeness (QED) is 0.608. The van der Waals surface area contributed by atoms with Gasteiger partial charge in [-0.05, 0) is 25.1 Å². The van der Waals surface area contributed by atoms with Crippen molar-refractivity contribution in [3.63, 3.8) is 0 Å². The van der Waals surface area contributed by atoms with Gasteiger partial charge in [0.2, 0.25) is 0 Å². The third-order valence-electron chi connectivity index (χ3n) is 1.60. The Hall–Kier alpha value is -1.27. The second-order valence-corrected chi connectivity index (χ2v) is 3.71. The topological polar surface area (TPSA) is 26.3 Å². The fourth-order valence-electron chi connectivity index (χ4n) is 0.997. The third-order valence-corrected chi connectivity index (χ3v) is 2.09. The van der Waals surface area contributed by atoms with Gasteiger partial charge < -0.3 is 4.74 Å². The molecule has 0 bridgehead atoms. The lowest BCUT2D eigenvalue weighted by atomic mass is 10.2. The minimum absolute atomic E-state index is 0.139. The number of benzene rings is 1. The van der Waals surface area contributed by atoms with Crippen LogP contribution in [0.5, 0.6) is 0 Å². The Morgan fingerprint density at radius 3 is 3.00 bits per heavy atom. The van der Waals surface area contributed by atoms with E-state index in [-0.39, 0.29) is 12.4 Å².